The second-order valence-electron chi connectivity index (χ2n) is 3.81. The molecule has 1 aromatic carbocycles. The molecular weight excluding hydrogens is 266 g/mol. The Kier molecular flexibility index (Phi) is 4.86. The van der Waals surface area contributed by atoms with Crippen LogP contribution in [0.3, 0.4) is 0 Å². The van der Waals surface area contributed by atoms with Gasteiger partial charge in [0.15, 0.2) is 0 Å². The third kappa shape index (κ3) is 3.72. The molecule has 0 aliphatic heterocycles. The minimum absolute atomic E-state index is 0.232. The maximum absolute atomic E-state index is 12.2. The summed E-state index contributed by atoms with van der Waals surface area (Å²) in [5.74, 6) is 0. The third-order valence-corrected chi connectivity index (χ3v) is 5.70. The van der Waals surface area contributed by atoms with Gasteiger partial charge in [-0.15, -0.1) is 0 Å². The average Bonchev–Trinajstić information content (AvgIpc) is 2.08. The van der Waals surface area contributed by atoms with E-state index in [1.807, 2.05) is 6.07 Å². The molecule has 2 heteroatoms. The van der Waals surface area contributed by atoms with Crippen molar-refractivity contribution in [2.24, 2.45) is 0 Å². The summed E-state index contributed by atoms with van der Waals surface area (Å²) in [4.78, 5) is 0. The summed E-state index contributed by atoms with van der Waals surface area (Å²) in [6.07, 6.45) is 0.592. The van der Waals surface area contributed by atoms with Gasteiger partial charge in [-0.1, -0.05) is 0 Å². The molecule has 0 saturated heterocycles. The zero-order chi connectivity index (χ0) is 9.68. The van der Waals surface area contributed by atoms with E-state index in [-0.39, 0.29) is 6.67 Å². The summed E-state index contributed by atoms with van der Waals surface area (Å²) in [6.45, 7) is -0.232. The van der Waals surface area contributed by atoms with Gasteiger partial charge in [0.1, 0.15) is 0 Å². The molecule has 0 aromatic heterocycles. The van der Waals surface area contributed by atoms with Crippen molar-refractivity contribution in [1.29, 1.82) is 0 Å². The van der Waals surface area contributed by atoms with Gasteiger partial charge in [0.25, 0.3) is 0 Å². The zero-order valence-corrected chi connectivity index (χ0v) is 11.7. The summed E-state index contributed by atoms with van der Waals surface area (Å²) >= 11 is -1.19. The number of alkyl halides is 1. The van der Waals surface area contributed by atoms with Crippen molar-refractivity contribution in [1.82, 2.24) is 0 Å². The van der Waals surface area contributed by atoms with Gasteiger partial charge in [0.2, 0.25) is 0 Å². The first-order chi connectivity index (χ1) is 6.24. The van der Waals surface area contributed by atoms with E-state index in [0.29, 0.717) is 6.42 Å². The van der Waals surface area contributed by atoms with Crippen molar-refractivity contribution in [2.45, 2.75) is 20.0 Å². The topological polar surface area (TPSA) is 0 Å². The van der Waals surface area contributed by atoms with Crippen molar-refractivity contribution < 1.29 is 4.39 Å². The van der Waals surface area contributed by atoms with Gasteiger partial charge in [-0.3, -0.25) is 0 Å². The van der Waals surface area contributed by atoms with E-state index in [4.69, 9.17) is 0 Å². The number of aryl methyl sites for hydroxylation is 1. The van der Waals surface area contributed by atoms with Crippen LogP contribution in [0.15, 0.2) is 24.3 Å². The van der Waals surface area contributed by atoms with Crippen LogP contribution in [0.4, 0.5) is 4.39 Å². The van der Waals surface area contributed by atoms with Crippen molar-refractivity contribution in [3.8, 4) is 0 Å². The van der Waals surface area contributed by atoms with E-state index in [2.05, 4.69) is 27.6 Å². The zero-order valence-electron chi connectivity index (χ0n) is 8.39. The van der Waals surface area contributed by atoms with Crippen LogP contribution in [0.2, 0.25) is 9.36 Å². The Morgan fingerprint density at radius 1 is 1.15 bits per heavy atom. The molecule has 0 spiro atoms. The predicted octanol–water partition coefficient (Wildman–Crippen LogP) is 3.03. The molecule has 0 saturated carbocycles. The van der Waals surface area contributed by atoms with Gasteiger partial charge < -0.3 is 0 Å². The quantitative estimate of drug-likeness (QED) is 0.796. The first-order valence-electron chi connectivity index (χ1n) is 4.86. The SMILES string of the molecule is [CH3][In]([CH3])[CH2]c1ccccc1CCF. The Bertz CT molecular complexity index is 258. The van der Waals surface area contributed by atoms with Gasteiger partial charge in [-0.2, -0.15) is 0 Å². The monoisotopic (exact) mass is 282 g/mol. The van der Waals surface area contributed by atoms with Gasteiger partial charge in [0.05, 0.1) is 0 Å². The standard InChI is InChI=1S/C9H10F.2CH3.In/c1-8-4-2-3-5-9(8)6-7-10;;;/h2-5H,1,6-7H2;2*1H3;. The van der Waals surface area contributed by atoms with E-state index in [9.17, 15) is 4.39 Å². The molecule has 0 fully saturated rings. The van der Waals surface area contributed by atoms with Gasteiger partial charge >= 0.3 is 87.9 Å². The molecule has 0 amide bonds. The van der Waals surface area contributed by atoms with E-state index in [1.165, 1.54) is 15.3 Å². The molecular formula is C11H16FIn. The Morgan fingerprint density at radius 2 is 1.77 bits per heavy atom. The first-order valence-corrected chi connectivity index (χ1v) is 13.8. The van der Waals surface area contributed by atoms with Crippen molar-refractivity contribution >= 4 is 21.4 Å². The van der Waals surface area contributed by atoms with Crippen LogP contribution < -0.4 is 0 Å². The second-order valence-corrected chi connectivity index (χ2v) is 12.9. The molecule has 0 N–H and O–H groups in total. The first kappa shape index (κ1) is 11.1. The number of halogens is 1. The summed E-state index contributed by atoms with van der Waals surface area (Å²) in [5.41, 5.74) is 2.61. The fraction of sp³-hybridized carbons (Fsp3) is 0.455. The molecule has 70 valence electrons. The van der Waals surface area contributed by atoms with Crippen LogP contribution in [0, 0.1) is 0 Å². The van der Waals surface area contributed by atoms with Crippen LogP contribution in [0.5, 0.6) is 0 Å². The average molecular weight is 282 g/mol. The van der Waals surface area contributed by atoms with E-state index < -0.39 is 21.4 Å². The van der Waals surface area contributed by atoms with Crippen LogP contribution >= 0.6 is 0 Å². The van der Waals surface area contributed by atoms with Crippen LogP contribution in [0.25, 0.3) is 0 Å². The number of benzene rings is 1. The second kappa shape index (κ2) is 5.69. The molecule has 0 nitrogen and oxygen atoms in total. The minimum atomic E-state index is -1.19. The maximum atomic E-state index is 12.2. The molecule has 0 bridgehead atoms. The summed E-state index contributed by atoms with van der Waals surface area (Å²) in [7, 11) is 0. The summed E-state index contributed by atoms with van der Waals surface area (Å²) in [5, 5.41) is 0. The fourth-order valence-corrected chi connectivity index (χ4v) is 5.19. The molecule has 0 heterocycles. The summed E-state index contributed by atoms with van der Waals surface area (Å²) in [6, 6.07) is 8.28. The number of hydrogen-bond donors (Lipinski definition) is 0. The van der Waals surface area contributed by atoms with E-state index in [1.54, 1.807) is 0 Å². The predicted molar refractivity (Wildman–Crippen MR) is 57.3 cm³/mol. The van der Waals surface area contributed by atoms with Gasteiger partial charge in [-0.05, 0) is 0 Å². The molecule has 1 rings (SSSR count). The Morgan fingerprint density at radius 3 is 2.31 bits per heavy atom. The Balaban J connectivity index is 2.78. The van der Waals surface area contributed by atoms with Gasteiger partial charge in [-0.25, -0.2) is 0 Å². The number of hydrogen-bond acceptors (Lipinski definition) is 0. The summed E-state index contributed by atoms with van der Waals surface area (Å²) < 4.78 is 18.3. The molecule has 0 unspecified atom stereocenters. The Labute approximate surface area is 87.7 Å². The molecule has 0 radical (unpaired) electrons. The van der Waals surface area contributed by atoms with E-state index in [0.717, 1.165) is 0 Å². The van der Waals surface area contributed by atoms with Crippen LogP contribution in [-0.2, 0) is 10.6 Å². The van der Waals surface area contributed by atoms with Crippen LogP contribution in [-0.4, -0.2) is 28.1 Å². The van der Waals surface area contributed by atoms with Crippen molar-refractivity contribution in [3.63, 3.8) is 0 Å². The van der Waals surface area contributed by atoms with E-state index >= 15 is 0 Å². The molecule has 0 aliphatic carbocycles. The fourth-order valence-electron chi connectivity index (χ4n) is 1.54. The molecule has 0 aliphatic rings. The molecule has 13 heavy (non-hydrogen) atoms. The van der Waals surface area contributed by atoms with Crippen molar-refractivity contribution in [3.05, 3.63) is 35.4 Å². The van der Waals surface area contributed by atoms with Crippen molar-refractivity contribution in [2.75, 3.05) is 6.67 Å². The van der Waals surface area contributed by atoms with Crippen LogP contribution in [0.1, 0.15) is 11.1 Å². The normalized spacial score (nSPS) is 10.1. The molecule has 1 aromatic rings. The molecule has 0 atom stereocenters. The third-order valence-electron chi connectivity index (χ3n) is 2.11. The Hall–Kier alpha value is 0.0201. The van der Waals surface area contributed by atoms with Gasteiger partial charge in [0, 0.05) is 0 Å². The number of rotatable bonds is 4.